The fourth-order valence-electron chi connectivity index (χ4n) is 18.1. The predicted molar refractivity (Wildman–Crippen MR) is 491 cm³/mol. The van der Waals surface area contributed by atoms with E-state index in [1.165, 1.54) is 54.8 Å². The van der Waals surface area contributed by atoms with Crippen molar-refractivity contribution in [3.8, 4) is 61.6 Å². The number of benzene rings is 18. The number of nitrogens with zero attached hydrogens (tertiary/aromatic N) is 5. The topological polar surface area (TPSA) is 60.7 Å². The van der Waals surface area contributed by atoms with Gasteiger partial charge in [-0.25, -0.2) is 0 Å². The van der Waals surface area contributed by atoms with Gasteiger partial charge in [0.25, 0.3) is 0 Å². The van der Waals surface area contributed by atoms with Crippen molar-refractivity contribution in [2.45, 2.75) is 0 Å². The fourth-order valence-corrected chi connectivity index (χ4v) is 18.1. The van der Waals surface area contributed by atoms with Crippen molar-refractivity contribution in [2.75, 3.05) is 9.80 Å². The van der Waals surface area contributed by atoms with E-state index in [-0.39, 0.29) is 0 Å². The third-order valence-corrected chi connectivity index (χ3v) is 23.5. The second kappa shape index (κ2) is 28.0. The number of aromatic nitrogens is 3. The zero-order valence-electron chi connectivity index (χ0n) is 64.0. The van der Waals surface area contributed by atoms with Crippen LogP contribution in [0.25, 0.3) is 182 Å². The lowest BCUT2D eigenvalue weighted by molar-refractivity contribution is 0.669. The molecule has 0 aliphatic rings. The van der Waals surface area contributed by atoms with E-state index in [9.17, 15) is 0 Å². The molecular weight excluding hydrogens is 1440 g/mol. The molecule has 24 rings (SSSR count). The normalized spacial score (nSPS) is 11.7. The first-order valence-electron chi connectivity index (χ1n) is 40.1. The van der Waals surface area contributed by atoms with Crippen molar-refractivity contribution in [3.63, 3.8) is 0 Å². The average molecular weight is 1510 g/mol. The molecule has 118 heavy (non-hydrogen) atoms. The summed E-state index contributed by atoms with van der Waals surface area (Å²) in [7, 11) is 0. The van der Waals surface area contributed by atoms with Gasteiger partial charge in [0.2, 0.25) is 0 Å². The molecular formula is C110H71N5O3. The molecule has 0 bridgehead atoms. The summed E-state index contributed by atoms with van der Waals surface area (Å²) >= 11 is 0. The molecule has 8 heteroatoms. The number of para-hydroxylation sites is 10. The fraction of sp³-hybridized carbons (Fsp3) is 0. The van der Waals surface area contributed by atoms with Gasteiger partial charge in [-0.1, -0.05) is 273 Å². The van der Waals surface area contributed by atoms with Crippen LogP contribution in [0.5, 0.6) is 0 Å². The molecule has 0 aliphatic carbocycles. The zero-order chi connectivity index (χ0) is 77.7. The third kappa shape index (κ3) is 11.2. The van der Waals surface area contributed by atoms with Gasteiger partial charge in [0.05, 0.1) is 27.8 Å². The molecule has 0 spiro atoms. The lowest BCUT2D eigenvalue weighted by atomic mass is 9.98. The predicted octanol–water partition coefficient (Wildman–Crippen LogP) is 30.8. The van der Waals surface area contributed by atoms with E-state index in [1.807, 2.05) is 12.1 Å². The van der Waals surface area contributed by atoms with E-state index in [0.717, 1.165) is 161 Å². The number of hydrogen-bond donors (Lipinski definition) is 0. The van der Waals surface area contributed by atoms with E-state index in [1.54, 1.807) is 0 Å². The van der Waals surface area contributed by atoms with Crippen LogP contribution in [-0.4, -0.2) is 13.7 Å². The maximum atomic E-state index is 6.91. The van der Waals surface area contributed by atoms with Gasteiger partial charge >= 0.3 is 0 Å². The molecule has 0 fully saturated rings. The van der Waals surface area contributed by atoms with Crippen LogP contribution in [0, 0.1) is 0 Å². The first-order valence-corrected chi connectivity index (χ1v) is 40.1. The second-order valence-electron chi connectivity index (χ2n) is 30.2. The van der Waals surface area contributed by atoms with E-state index < -0.39 is 0 Å². The van der Waals surface area contributed by atoms with Crippen molar-refractivity contribution in [3.05, 3.63) is 431 Å². The van der Waals surface area contributed by atoms with E-state index in [4.69, 9.17) is 13.3 Å². The van der Waals surface area contributed by atoms with Crippen LogP contribution >= 0.6 is 0 Å². The number of rotatable bonds is 13. The highest BCUT2D eigenvalue weighted by molar-refractivity contribution is 6.20. The largest absolute Gasteiger partial charge is 0.454 e. The second-order valence-corrected chi connectivity index (χ2v) is 30.2. The summed E-state index contributed by atoms with van der Waals surface area (Å²) in [6.07, 6.45) is 0. The standard InChI is InChI=1S/C60H39N3O.C50H32N2O2/c1-2-16-43(17-3-1)63-57-27-11-8-21-53(57)60-58(63)54-24-13-23-50(59(54)64-60)42-30-34-45(35-31-42)61(44-32-28-41(29-33-44)49-22-12-15-40-14-4-5-18-48(40)49)46-36-38-47(39-37-46)62-55-25-9-6-19-51(55)52-20-7-10-26-56(52)62;1-3-13-33(14-4-1)34-25-29-37(30-26-34)51(45-23-12-20-41-40-17-8-10-24-46(40)53-49(41)45)38-31-27-35(28-32-38)39-19-11-21-43-47-50(54-48(39)43)42-18-7-9-22-44(42)52(47)36-15-5-2-6-16-36/h1-39H;1-32H. The maximum Gasteiger partial charge on any atom is 0.161 e. The molecule has 0 atom stereocenters. The number of hydrogen-bond acceptors (Lipinski definition) is 5. The van der Waals surface area contributed by atoms with Crippen LogP contribution in [0.2, 0.25) is 0 Å². The van der Waals surface area contributed by atoms with E-state index in [0.29, 0.717) is 0 Å². The van der Waals surface area contributed by atoms with Crippen molar-refractivity contribution in [1.82, 2.24) is 13.7 Å². The smallest absolute Gasteiger partial charge is 0.161 e. The van der Waals surface area contributed by atoms with Crippen LogP contribution in [0.1, 0.15) is 0 Å². The summed E-state index contributed by atoms with van der Waals surface area (Å²) in [4.78, 5) is 4.64. The molecule has 18 aromatic carbocycles. The molecule has 24 aromatic rings. The highest BCUT2D eigenvalue weighted by Gasteiger charge is 2.26. The minimum absolute atomic E-state index is 0.855. The molecule has 8 nitrogen and oxygen atoms in total. The van der Waals surface area contributed by atoms with Gasteiger partial charge in [-0.2, -0.15) is 0 Å². The highest BCUT2D eigenvalue weighted by atomic mass is 16.3. The van der Waals surface area contributed by atoms with Crippen LogP contribution in [-0.2, 0) is 0 Å². The molecule has 0 unspecified atom stereocenters. The van der Waals surface area contributed by atoms with Gasteiger partial charge in [-0.3, -0.25) is 0 Å². The summed E-state index contributed by atoms with van der Waals surface area (Å²) in [5, 5.41) is 11.6. The molecule has 0 N–H and O–H groups in total. The van der Waals surface area contributed by atoms with Gasteiger partial charge in [0, 0.05) is 99.7 Å². The molecule has 6 heterocycles. The van der Waals surface area contributed by atoms with Crippen molar-refractivity contribution in [2.24, 2.45) is 0 Å². The lowest BCUT2D eigenvalue weighted by Gasteiger charge is -2.26. The quantitative estimate of drug-likeness (QED) is 0.115. The number of fused-ring (bicyclic) bond motifs is 17. The van der Waals surface area contributed by atoms with Crippen LogP contribution in [0.15, 0.2) is 444 Å². The summed E-state index contributed by atoms with van der Waals surface area (Å²) in [6, 6.07) is 153. The molecule has 6 aromatic heterocycles. The zero-order valence-corrected chi connectivity index (χ0v) is 64.0. The summed E-state index contributed by atoms with van der Waals surface area (Å²) < 4.78 is 27.4. The number of anilines is 6. The molecule has 0 saturated carbocycles. The first kappa shape index (κ1) is 67.8. The molecule has 554 valence electrons. The molecule has 0 saturated heterocycles. The van der Waals surface area contributed by atoms with Crippen LogP contribution in [0.4, 0.5) is 34.1 Å². The number of furan rings is 3. The Bertz CT molecular complexity index is 7890. The Labute approximate surface area is 679 Å². The van der Waals surface area contributed by atoms with Gasteiger partial charge in [0.1, 0.15) is 27.8 Å². The monoisotopic (exact) mass is 1510 g/mol. The van der Waals surface area contributed by atoms with Gasteiger partial charge in [-0.15, -0.1) is 0 Å². The average Bonchev–Trinajstić information content (AvgIpc) is 1.55. The lowest BCUT2D eigenvalue weighted by Crippen LogP contribution is -2.10. The Morgan fingerprint density at radius 3 is 1.03 bits per heavy atom. The van der Waals surface area contributed by atoms with E-state index >= 15 is 0 Å². The van der Waals surface area contributed by atoms with Crippen LogP contribution in [0.3, 0.4) is 0 Å². The Hall–Kier alpha value is -15.9. The van der Waals surface area contributed by atoms with E-state index in [2.05, 4.69) is 442 Å². The van der Waals surface area contributed by atoms with Crippen molar-refractivity contribution in [1.29, 1.82) is 0 Å². The minimum Gasteiger partial charge on any atom is -0.454 e. The summed E-state index contributed by atoms with van der Waals surface area (Å²) in [5.41, 5.74) is 30.8. The molecule has 0 radical (unpaired) electrons. The van der Waals surface area contributed by atoms with Gasteiger partial charge in [-0.05, 0) is 202 Å². The Kier molecular flexibility index (Phi) is 16.1. The maximum absolute atomic E-state index is 6.91. The SMILES string of the molecule is c1ccc(-c2ccc(N(c3ccc(-c4cccc5c4oc4c6ccccc6n(-c6ccccc6)c54)cc3)c3cccc4c3oc3ccccc34)cc2)cc1.c1ccc(-n2c3ccccc3c3oc4c(-c5ccc(N(c6ccc(-c7cccc8ccccc78)cc6)c6ccc(-n7c8ccccc8c8ccccc87)cc6)cc5)cccc4c32)cc1. The molecule has 0 aliphatic heterocycles. The highest BCUT2D eigenvalue weighted by Crippen LogP contribution is 2.49. The minimum atomic E-state index is 0.855. The van der Waals surface area contributed by atoms with Crippen molar-refractivity contribution < 1.29 is 13.3 Å². The van der Waals surface area contributed by atoms with Crippen LogP contribution < -0.4 is 9.80 Å². The Morgan fingerprint density at radius 1 is 0.178 bits per heavy atom. The summed E-state index contributed by atoms with van der Waals surface area (Å²) in [5.74, 6) is 0. The Morgan fingerprint density at radius 2 is 0.517 bits per heavy atom. The summed E-state index contributed by atoms with van der Waals surface area (Å²) in [6.45, 7) is 0. The van der Waals surface area contributed by atoms with Gasteiger partial charge < -0.3 is 36.8 Å². The Balaban J connectivity index is 0.000000140. The third-order valence-electron chi connectivity index (χ3n) is 23.5. The van der Waals surface area contributed by atoms with Gasteiger partial charge in [0.15, 0.2) is 16.7 Å². The van der Waals surface area contributed by atoms with Crippen molar-refractivity contribution >= 4 is 155 Å². The molecule has 0 amide bonds. The first-order chi connectivity index (χ1) is 58.6.